The number of thiophene rings is 1. The molecule has 2 rings (SSSR count). The van der Waals surface area contributed by atoms with Gasteiger partial charge in [-0.3, -0.25) is 15.6 Å². The predicted octanol–water partition coefficient (Wildman–Crippen LogP) is 1.60. The van der Waals surface area contributed by atoms with E-state index in [1.807, 2.05) is 12.1 Å². The van der Waals surface area contributed by atoms with Gasteiger partial charge in [-0.1, -0.05) is 6.92 Å². The molecule has 1 aliphatic heterocycles. The number of hydrogen-bond acceptors (Lipinski definition) is 4. The second-order valence-electron chi connectivity index (χ2n) is 4.54. The molecule has 1 saturated heterocycles. The molecule has 20 heavy (non-hydrogen) atoms. The maximum atomic E-state index is 11.9. The Hall–Kier alpha value is -1.18. The molecule has 5 nitrogen and oxygen atoms in total. The van der Waals surface area contributed by atoms with Crippen LogP contribution in [-0.4, -0.2) is 30.3 Å². The highest BCUT2D eigenvalue weighted by Gasteiger charge is 2.15. The van der Waals surface area contributed by atoms with Crippen LogP contribution >= 0.6 is 23.6 Å². The van der Waals surface area contributed by atoms with Crippen molar-refractivity contribution in [3.63, 3.8) is 0 Å². The summed E-state index contributed by atoms with van der Waals surface area (Å²) in [7, 11) is 0. The standard InChI is InChI=1S/C13H19N3O2S2/c1-2-10-5-6-11(20-10)12(17)15-16-13(19)14-8-9-4-3-7-18-9/h5-6,9H,2-4,7-8H2,1H3,(H,15,17)(H2,14,16,19)/t9-/m1/s1. The minimum Gasteiger partial charge on any atom is -0.376 e. The fourth-order valence-electron chi connectivity index (χ4n) is 1.92. The van der Waals surface area contributed by atoms with Gasteiger partial charge in [0.1, 0.15) is 0 Å². The number of amides is 1. The van der Waals surface area contributed by atoms with Crippen LogP contribution in [0.25, 0.3) is 0 Å². The third-order valence-corrected chi connectivity index (χ3v) is 4.51. The summed E-state index contributed by atoms with van der Waals surface area (Å²) in [5.74, 6) is -0.170. The zero-order valence-corrected chi connectivity index (χ0v) is 13.0. The largest absolute Gasteiger partial charge is 0.376 e. The SMILES string of the molecule is CCc1ccc(C(=O)NNC(=S)NC[C@H]2CCCO2)s1. The summed E-state index contributed by atoms with van der Waals surface area (Å²) in [6, 6.07) is 3.79. The van der Waals surface area contributed by atoms with Crippen LogP contribution in [0.1, 0.15) is 34.3 Å². The molecule has 0 saturated carbocycles. The first-order valence-corrected chi connectivity index (χ1v) is 7.96. The van der Waals surface area contributed by atoms with Crippen molar-refractivity contribution in [1.29, 1.82) is 0 Å². The summed E-state index contributed by atoms with van der Waals surface area (Å²) < 4.78 is 5.48. The van der Waals surface area contributed by atoms with Gasteiger partial charge in [0.2, 0.25) is 0 Å². The molecular formula is C13H19N3O2S2. The molecule has 1 fully saturated rings. The third-order valence-electron chi connectivity index (χ3n) is 3.04. The average Bonchev–Trinajstić information content (AvgIpc) is 3.12. The normalized spacial score (nSPS) is 17.8. The number of carbonyl (C=O) groups is 1. The lowest BCUT2D eigenvalue weighted by atomic mass is 10.2. The van der Waals surface area contributed by atoms with Gasteiger partial charge in [-0.2, -0.15) is 0 Å². The summed E-state index contributed by atoms with van der Waals surface area (Å²) in [6.07, 6.45) is 3.31. The van der Waals surface area contributed by atoms with Crippen LogP contribution in [0.4, 0.5) is 0 Å². The molecule has 0 spiro atoms. The van der Waals surface area contributed by atoms with Gasteiger partial charge in [-0.05, 0) is 43.6 Å². The zero-order chi connectivity index (χ0) is 14.4. The molecule has 0 radical (unpaired) electrons. The van der Waals surface area contributed by atoms with Crippen LogP contribution in [0.3, 0.4) is 0 Å². The van der Waals surface area contributed by atoms with Crippen LogP contribution in [0.5, 0.6) is 0 Å². The molecule has 0 aromatic carbocycles. The number of rotatable bonds is 4. The second kappa shape index (κ2) is 7.56. The molecule has 7 heteroatoms. The maximum Gasteiger partial charge on any atom is 0.279 e. The van der Waals surface area contributed by atoms with E-state index in [4.69, 9.17) is 17.0 Å². The van der Waals surface area contributed by atoms with E-state index in [0.29, 0.717) is 16.5 Å². The quantitative estimate of drug-likeness (QED) is 0.582. The molecule has 1 aliphatic rings. The predicted molar refractivity (Wildman–Crippen MR) is 83.9 cm³/mol. The van der Waals surface area contributed by atoms with E-state index in [1.54, 1.807) is 0 Å². The summed E-state index contributed by atoms with van der Waals surface area (Å²) in [4.78, 5) is 13.7. The fourth-order valence-corrected chi connectivity index (χ4v) is 2.90. The topological polar surface area (TPSA) is 62.4 Å². The Bertz CT molecular complexity index is 470. The Labute approximate surface area is 128 Å². The lowest BCUT2D eigenvalue weighted by molar-refractivity contribution is 0.0947. The average molecular weight is 313 g/mol. The number of hydrazine groups is 1. The van der Waals surface area contributed by atoms with Gasteiger partial charge in [0.15, 0.2) is 5.11 Å². The van der Waals surface area contributed by atoms with Crippen molar-refractivity contribution in [1.82, 2.24) is 16.2 Å². The van der Waals surface area contributed by atoms with Gasteiger partial charge >= 0.3 is 0 Å². The molecule has 0 bridgehead atoms. The number of aryl methyl sites for hydroxylation is 1. The van der Waals surface area contributed by atoms with Gasteiger partial charge in [0.25, 0.3) is 5.91 Å². The van der Waals surface area contributed by atoms with Gasteiger partial charge in [-0.25, -0.2) is 0 Å². The van der Waals surface area contributed by atoms with Crippen molar-refractivity contribution in [2.45, 2.75) is 32.3 Å². The minimum absolute atomic E-state index is 0.170. The highest BCUT2D eigenvalue weighted by atomic mass is 32.1. The Kier molecular flexibility index (Phi) is 5.75. The van der Waals surface area contributed by atoms with E-state index in [9.17, 15) is 4.79 Å². The van der Waals surface area contributed by atoms with Crippen LogP contribution in [-0.2, 0) is 11.2 Å². The first kappa shape index (κ1) is 15.2. The molecule has 0 aliphatic carbocycles. The van der Waals surface area contributed by atoms with Crippen molar-refractivity contribution < 1.29 is 9.53 Å². The first-order chi connectivity index (χ1) is 9.69. The summed E-state index contributed by atoms with van der Waals surface area (Å²) in [5.41, 5.74) is 5.29. The van der Waals surface area contributed by atoms with Crippen LogP contribution in [0.15, 0.2) is 12.1 Å². The van der Waals surface area contributed by atoms with Crippen molar-refractivity contribution in [2.75, 3.05) is 13.2 Å². The monoisotopic (exact) mass is 313 g/mol. The lowest BCUT2D eigenvalue weighted by Gasteiger charge is -2.14. The third kappa shape index (κ3) is 4.43. The Morgan fingerprint density at radius 2 is 2.35 bits per heavy atom. The van der Waals surface area contributed by atoms with Crippen molar-refractivity contribution >= 4 is 34.6 Å². The highest BCUT2D eigenvalue weighted by Crippen LogP contribution is 2.16. The molecule has 0 unspecified atom stereocenters. The number of hydrogen-bond donors (Lipinski definition) is 3. The molecule has 1 atom stereocenters. The molecule has 1 aromatic rings. The van der Waals surface area contributed by atoms with Crippen LogP contribution < -0.4 is 16.2 Å². The second-order valence-corrected chi connectivity index (χ2v) is 6.12. The molecule has 2 heterocycles. The van der Waals surface area contributed by atoms with Crippen LogP contribution in [0.2, 0.25) is 0 Å². The molecule has 110 valence electrons. The van der Waals surface area contributed by atoms with Gasteiger partial charge in [0.05, 0.1) is 11.0 Å². The van der Waals surface area contributed by atoms with Crippen molar-refractivity contribution in [3.05, 3.63) is 21.9 Å². The Balaban J connectivity index is 1.68. The Morgan fingerprint density at radius 3 is 3.00 bits per heavy atom. The minimum atomic E-state index is -0.170. The molecule has 1 aromatic heterocycles. The van der Waals surface area contributed by atoms with Gasteiger partial charge in [0, 0.05) is 18.0 Å². The zero-order valence-electron chi connectivity index (χ0n) is 11.4. The lowest BCUT2D eigenvalue weighted by Crippen LogP contribution is -2.48. The Morgan fingerprint density at radius 1 is 1.50 bits per heavy atom. The van der Waals surface area contributed by atoms with Crippen molar-refractivity contribution in [2.24, 2.45) is 0 Å². The van der Waals surface area contributed by atoms with E-state index < -0.39 is 0 Å². The number of ether oxygens (including phenoxy) is 1. The smallest absolute Gasteiger partial charge is 0.279 e. The van der Waals surface area contributed by atoms with Crippen molar-refractivity contribution in [3.8, 4) is 0 Å². The van der Waals surface area contributed by atoms with E-state index in [1.165, 1.54) is 16.2 Å². The van der Waals surface area contributed by atoms with E-state index in [0.717, 1.165) is 25.9 Å². The van der Waals surface area contributed by atoms with E-state index >= 15 is 0 Å². The molecule has 1 amide bonds. The van der Waals surface area contributed by atoms with Crippen LogP contribution in [0, 0.1) is 0 Å². The summed E-state index contributed by atoms with van der Waals surface area (Å²) in [6.45, 7) is 3.55. The molecular weight excluding hydrogens is 294 g/mol. The van der Waals surface area contributed by atoms with E-state index in [-0.39, 0.29) is 12.0 Å². The maximum absolute atomic E-state index is 11.9. The highest BCUT2D eigenvalue weighted by molar-refractivity contribution is 7.80. The summed E-state index contributed by atoms with van der Waals surface area (Å²) >= 11 is 6.59. The fraction of sp³-hybridized carbons (Fsp3) is 0.538. The molecule has 3 N–H and O–H groups in total. The number of carbonyl (C=O) groups excluding carboxylic acids is 1. The van der Waals surface area contributed by atoms with E-state index in [2.05, 4.69) is 23.1 Å². The van der Waals surface area contributed by atoms with Gasteiger partial charge < -0.3 is 10.1 Å². The number of thiocarbonyl (C=S) groups is 1. The summed E-state index contributed by atoms with van der Waals surface area (Å²) in [5, 5.41) is 3.44. The first-order valence-electron chi connectivity index (χ1n) is 6.73. The van der Waals surface area contributed by atoms with Gasteiger partial charge in [-0.15, -0.1) is 11.3 Å². The number of nitrogens with one attached hydrogen (secondary N) is 3.